The summed E-state index contributed by atoms with van der Waals surface area (Å²) in [5.74, 6) is 0.911. The number of benzene rings is 1. The van der Waals surface area contributed by atoms with Crippen LogP contribution < -0.4 is 4.90 Å². The number of aromatic nitrogens is 6. The van der Waals surface area contributed by atoms with E-state index in [1.165, 1.54) is 11.3 Å². The molecule has 7 nitrogen and oxygen atoms in total. The second-order valence-corrected chi connectivity index (χ2v) is 8.81. The molecule has 0 bridgehead atoms. The quantitative estimate of drug-likeness (QED) is 0.539. The summed E-state index contributed by atoms with van der Waals surface area (Å²) in [5, 5.41) is 14.0. The fourth-order valence-corrected chi connectivity index (χ4v) is 4.12. The summed E-state index contributed by atoms with van der Waals surface area (Å²) in [6.45, 7) is 7.95. The highest BCUT2D eigenvalue weighted by molar-refractivity contribution is 6.30. The van der Waals surface area contributed by atoms with Crippen LogP contribution in [0.15, 0.2) is 36.8 Å². The molecule has 0 unspecified atom stereocenters. The highest BCUT2D eigenvalue weighted by Gasteiger charge is 2.26. The molecule has 1 N–H and O–H groups in total. The molecule has 0 amide bonds. The van der Waals surface area contributed by atoms with Crippen LogP contribution in [0.3, 0.4) is 0 Å². The molecule has 0 atom stereocenters. The molecule has 0 saturated heterocycles. The van der Waals surface area contributed by atoms with Gasteiger partial charge in [0.25, 0.3) is 0 Å². The third-order valence-electron chi connectivity index (χ3n) is 5.31. The molecule has 29 heavy (non-hydrogen) atoms. The van der Waals surface area contributed by atoms with Crippen molar-refractivity contribution < 1.29 is 0 Å². The average molecular weight is 408 g/mol. The molecule has 3 aromatic heterocycles. The van der Waals surface area contributed by atoms with Gasteiger partial charge in [-0.25, -0.2) is 14.6 Å². The van der Waals surface area contributed by atoms with Crippen LogP contribution in [0.5, 0.6) is 0 Å². The van der Waals surface area contributed by atoms with Gasteiger partial charge in [0.15, 0.2) is 5.65 Å². The maximum Gasteiger partial charge on any atom is 0.163 e. The molecular formula is C21H22ClN7. The predicted octanol–water partition coefficient (Wildman–Crippen LogP) is 4.19. The third kappa shape index (κ3) is 3.06. The molecule has 148 valence electrons. The highest BCUT2D eigenvalue weighted by atomic mass is 35.5. The molecule has 4 heterocycles. The van der Waals surface area contributed by atoms with Crippen molar-refractivity contribution in [1.82, 2.24) is 29.9 Å². The number of hydrogen-bond donors (Lipinski definition) is 1. The van der Waals surface area contributed by atoms with Crippen molar-refractivity contribution in [3.05, 3.63) is 53.1 Å². The lowest BCUT2D eigenvalue weighted by molar-refractivity contribution is 0.366. The zero-order valence-corrected chi connectivity index (χ0v) is 17.4. The van der Waals surface area contributed by atoms with Gasteiger partial charge in [-0.1, -0.05) is 23.7 Å². The molecular weight excluding hydrogens is 386 g/mol. The lowest BCUT2D eigenvalue weighted by atomic mass is 10.0. The lowest BCUT2D eigenvalue weighted by Gasteiger charge is -2.28. The summed E-state index contributed by atoms with van der Waals surface area (Å²) in [4.78, 5) is 11.4. The Bertz CT molecular complexity index is 1200. The van der Waals surface area contributed by atoms with E-state index in [9.17, 15) is 0 Å². The fourth-order valence-electron chi connectivity index (χ4n) is 3.93. The number of fused-ring (bicyclic) bond motifs is 2. The molecule has 5 rings (SSSR count). The Balaban J connectivity index is 1.55. The normalized spacial score (nSPS) is 14.4. The van der Waals surface area contributed by atoms with Crippen molar-refractivity contribution in [2.24, 2.45) is 0 Å². The summed E-state index contributed by atoms with van der Waals surface area (Å²) in [5.41, 5.74) is 5.04. The number of H-pyrrole nitrogens is 1. The first-order valence-electron chi connectivity index (χ1n) is 9.68. The van der Waals surface area contributed by atoms with Crippen molar-refractivity contribution in [1.29, 1.82) is 0 Å². The average Bonchev–Trinajstić information content (AvgIpc) is 3.31. The number of halogens is 1. The molecule has 0 radical (unpaired) electrons. The van der Waals surface area contributed by atoms with Crippen LogP contribution in [0, 0.1) is 0 Å². The van der Waals surface area contributed by atoms with E-state index in [0.717, 1.165) is 47.6 Å². The summed E-state index contributed by atoms with van der Waals surface area (Å²) in [6.07, 6.45) is 4.38. The van der Waals surface area contributed by atoms with Crippen molar-refractivity contribution in [2.45, 2.75) is 39.3 Å². The first-order chi connectivity index (χ1) is 13.9. The predicted molar refractivity (Wildman–Crippen MR) is 114 cm³/mol. The lowest BCUT2D eigenvalue weighted by Crippen LogP contribution is -2.31. The standard InChI is InChI=1S/C21H22ClN7/c1-21(2,3)29-20-15(10-25-29)19(23-12-24-20)28-8-7-17-16(11-28)18(27-26-17)13-5-4-6-14(22)9-13/h4-6,9-10,12H,7-8,11H2,1-3H3,(H,26,27). The summed E-state index contributed by atoms with van der Waals surface area (Å²) >= 11 is 6.20. The third-order valence-corrected chi connectivity index (χ3v) is 5.55. The molecule has 1 aromatic carbocycles. The summed E-state index contributed by atoms with van der Waals surface area (Å²) in [6, 6.07) is 7.82. The van der Waals surface area contributed by atoms with Gasteiger partial charge in [-0.2, -0.15) is 10.2 Å². The first kappa shape index (κ1) is 18.1. The monoisotopic (exact) mass is 407 g/mol. The van der Waals surface area contributed by atoms with Crippen molar-refractivity contribution in [2.75, 3.05) is 11.4 Å². The van der Waals surface area contributed by atoms with E-state index in [-0.39, 0.29) is 5.54 Å². The first-order valence-corrected chi connectivity index (χ1v) is 10.1. The maximum absolute atomic E-state index is 6.20. The van der Waals surface area contributed by atoms with E-state index < -0.39 is 0 Å². The topological polar surface area (TPSA) is 75.5 Å². The summed E-state index contributed by atoms with van der Waals surface area (Å²) in [7, 11) is 0. The van der Waals surface area contributed by atoms with Crippen molar-refractivity contribution in [3.8, 4) is 11.3 Å². The van der Waals surface area contributed by atoms with Gasteiger partial charge in [-0.05, 0) is 32.9 Å². The number of nitrogens with zero attached hydrogens (tertiary/aromatic N) is 6. The Kier molecular flexibility index (Phi) is 4.10. The van der Waals surface area contributed by atoms with Crippen LogP contribution in [0.4, 0.5) is 5.82 Å². The minimum absolute atomic E-state index is 0.146. The van der Waals surface area contributed by atoms with Crippen molar-refractivity contribution in [3.63, 3.8) is 0 Å². The Morgan fingerprint density at radius 3 is 2.83 bits per heavy atom. The second-order valence-electron chi connectivity index (χ2n) is 8.37. The van der Waals surface area contributed by atoms with E-state index in [2.05, 4.69) is 50.9 Å². The fraction of sp³-hybridized carbons (Fsp3) is 0.333. The van der Waals surface area contributed by atoms with Gasteiger partial charge in [0, 0.05) is 41.4 Å². The summed E-state index contributed by atoms with van der Waals surface area (Å²) < 4.78 is 1.96. The molecule has 0 aliphatic carbocycles. The molecule has 0 saturated carbocycles. The molecule has 1 aliphatic heterocycles. The number of nitrogens with one attached hydrogen (secondary N) is 1. The van der Waals surface area contributed by atoms with Gasteiger partial charge < -0.3 is 4.90 Å². The van der Waals surface area contributed by atoms with E-state index >= 15 is 0 Å². The molecule has 4 aromatic rings. The van der Waals surface area contributed by atoms with Gasteiger partial charge in [0.2, 0.25) is 0 Å². The van der Waals surface area contributed by atoms with Crippen molar-refractivity contribution >= 4 is 28.5 Å². The van der Waals surface area contributed by atoms with Gasteiger partial charge in [-0.15, -0.1) is 0 Å². The van der Waals surface area contributed by atoms with E-state index in [1.54, 1.807) is 6.33 Å². The molecule has 1 aliphatic rings. The Hall–Kier alpha value is -2.93. The van der Waals surface area contributed by atoms with Crippen LogP contribution in [-0.4, -0.2) is 36.5 Å². The zero-order chi connectivity index (χ0) is 20.2. The van der Waals surface area contributed by atoms with Crippen LogP contribution >= 0.6 is 11.6 Å². The van der Waals surface area contributed by atoms with E-state index in [1.807, 2.05) is 35.1 Å². The minimum Gasteiger partial charge on any atom is -0.351 e. The van der Waals surface area contributed by atoms with Gasteiger partial charge in [0.1, 0.15) is 12.1 Å². The number of anilines is 1. The van der Waals surface area contributed by atoms with Crippen LogP contribution in [0.2, 0.25) is 5.02 Å². The molecule has 0 spiro atoms. The SMILES string of the molecule is CC(C)(C)n1ncc2c(N3CCc4[nH]nc(-c5cccc(Cl)c5)c4C3)ncnc21. The highest BCUT2D eigenvalue weighted by Crippen LogP contribution is 2.33. The Morgan fingerprint density at radius 2 is 2.03 bits per heavy atom. The molecule has 8 heteroatoms. The van der Waals surface area contributed by atoms with Crippen LogP contribution in [0.1, 0.15) is 32.0 Å². The number of hydrogen-bond acceptors (Lipinski definition) is 5. The van der Waals surface area contributed by atoms with Crippen LogP contribution in [0.25, 0.3) is 22.3 Å². The maximum atomic E-state index is 6.20. The Morgan fingerprint density at radius 1 is 1.17 bits per heavy atom. The van der Waals surface area contributed by atoms with E-state index in [4.69, 9.17) is 11.6 Å². The minimum atomic E-state index is -0.146. The van der Waals surface area contributed by atoms with E-state index in [0.29, 0.717) is 5.02 Å². The van der Waals surface area contributed by atoms with Crippen LogP contribution in [-0.2, 0) is 18.5 Å². The Labute approximate surface area is 173 Å². The molecule has 0 fully saturated rings. The largest absolute Gasteiger partial charge is 0.351 e. The van der Waals surface area contributed by atoms with Gasteiger partial charge >= 0.3 is 0 Å². The zero-order valence-electron chi connectivity index (χ0n) is 16.6. The van der Waals surface area contributed by atoms with Gasteiger partial charge in [0.05, 0.1) is 22.8 Å². The van der Waals surface area contributed by atoms with Gasteiger partial charge in [-0.3, -0.25) is 5.10 Å². The number of rotatable bonds is 2. The number of aromatic amines is 1. The second kappa shape index (κ2) is 6.56. The smallest absolute Gasteiger partial charge is 0.163 e.